The highest BCUT2D eigenvalue weighted by molar-refractivity contribution is 5.85. The van der Waals surface area contributed by atoms with Crippen LogP contribution in [0.2, 0.25) is 0 Å². The molecule has 3 fully saturated rings. The molecule has 3 rings (SSSR count). The average molecular weight is 181 g/mol. The molecule has 0 aromatic heterocycles. The third kappa shape index (κ3) is 0.688. The summed E-state index contributed by atoms with van der Waals surface area (Å²) in [5, 5.41) is 12.4. The summed E-state index contributed by atoms with van der Waals surface area (Å²) in [7, 11) is 0. The number of hydrogen-bond donors (Lipinski definition) is 2. The van der Waals surface area contributed by atoms with Crippen LogP contribution in [0.15, 0.2) is 0 Å². The van der Waals surface area contributed by atoms with Gasteiger partial charge in [0.1, 0.15) is 5.54 Å². The Balaban J connectivity index is 1.95. The van der Waals surface area contributed by atoms with Crippen LogP contribution in [-0.4, -0.2) is 23.2 Å². The van der Waals surface area contributed by atoms with E-state index in [1.54, 1.807) is 0 Å². The zero-order chi connectivity index (χ0) is 9.10. The Hall–Kier alpha value is -0.570. The lowest BCUT2D eigenvalue weighted by Crippen LogP contribution is -2.38. The summed E-state index contributed by atoms with van der Waals surface area (Å²) >= 11 is 0. The van der Waals surface area contributed by atoms with Gasteiger partial charge in [-0.05, 0) is 31.7 Å². The van der Waals surface area contributed by atoms with Gasteiger partial charge in [-0.2, -0.15) is 0 Å². The van der Waals surface area contributed by atoms with Crippen molar-refractivity contribution >= 4 is 5.97 Å². The summed E-state index contributed by atoms with van der Waals surface area (Å²) in [6.07, 6.45) is 5.79. The number of carboxylic acid groups (broad SMARTS) is 1. The second-order valence-corrected chi connectivity index (χ2v) is 4.87. The van der Waals surface area contributed by atoms with Crippen LogP contribution in [0.1, 0.15) is 32.1 Å². The molecule has 2 N–H and O–H groups in total. The maximum absolute atomic E-state index is 11.2. The van der Waals surface area contributed by atoms with Gasteiger partial charge in [-0.1, -0.05) is 12.8 Å². The van der Waals surface area contributed by atoms with Crippen molar-refractivity contribution in [1.29, 1.82) is 0 Å². The first-order valence-corrected chi connectivity index (χ1v) is 5.20. The van der Waals surface area contributed by atoms with E-state index in [1.165, 1.54) is 19.3 Å². The molecule has 2 aliphatic carbocycles. The fourth-order valence-corrected chi connectivity index (χ4v) is 3.73. The van der Waals surface area contributed by atoms with E-state index in [2.05, 4.69) is 5.32 Å². The smallest absolute Gasteiger partial charge is 0.324 e. The summed E-state index contributed by atoms with van der Waals surface area (Å²) in [6, 6.07) is 0. The molecule has 0 amide bonds. The first-order valence-electron chi connectivity index (χ1n) is 5.20. The molecule has 3 nitrogen and oxygen atoms in total. The van der Waals surface area contributed by atoms with E-state index < -0.39 is 11.5 Å². The van der Waals surface area contributed by atoms with E-state index in [4.69, 9.17) is 0 Å². The third-order valence-corrected chi connectivity index (χ3v) is 4.53. The molecule has 1 heterocycles. The average Bonchev–Trinajstić information content (AvgIpc) is 2.66. The Morgan fingerprint density at radius 2 is 2.31 bits per heavy atom. The fraction of sp³-hybridized carbons (Fsp3) is 0.900. The summed E-state index contributed by atoms with van der Waals surface area (Å²) in [5.41, 5.74) is -0.338. The lowest BCUT2D eigenvalue weighted by molar-refractivity contribution is -0.141. The van der Waals surface area contributed by atoms with Crippen LogP contribution < -0.4 is 5.32 Å². The topological polar surface area (TPSA) is 49.3 Å². The second kappa shape index (κ2) is 2.08. The molecule has 0 unspecified atom stereocenters. The van der Waals surface area contributed by atoms with Crippen molar-refractivity contribution < 1.29 is 9.90 Å². The van der Waals surface area contributed by atoms with Crippen molar-refractivity contribution in [2.45, 2.75) is 37.6 Å². The molecule has 3 atom stereocenters. The van der Waals surface area contributed by atoms with Gasteiger partial charge in [-0.15, -0.1) is 0 Å². The largest absolute Gasteiger partial charge is 0.480 e. The Labute approximate surface area is 77.5 Å². The van der Waals surface area contributed by atoms with Crippen molar-refractivity contribution in [2.75, 3.05) is 6.54 Å². The molecule has 3 aliphatic rings. The number of aliphatic carboxylic acids is 1. The summed E-state index contributed by atoms with van der Waals surface area (Å²) in [6.45, 7) is 0.937. The number of piperidine rings is 1. The molecule has 2 saturated carbocycles. The van der Waals surface area contributed by atoms with E-state index in [0.717, 1.165) is 19.4 Å². The molecular formula is C10H15NO2. The Bertz CT molecular complexity index is 278. The van der Waals surface area contributed by atoms with Crippen LogP contribution in [0.25, 0.3) is 0 Å². The number of rotatable bonds is 1. The first-order chi connectivity index (χ1) is 6.21. The van der Waals surface area contributed by atoms with E-state index in [9.17, 15) is 9.90 Å². The number of carboxylic acids is 1. The van der Waals surface area contributed by atoms with Gasteiger partial charge in [-0.25, -0.2) is 0 Å². The zero-order valence-electron chi connectivity index (χ0n) is 7.68. The molecule has 0 aromatic rings. The summed E-state index contributed by atoms with van der Waals surface area (Å²) in [4.78, 5) is 11.2. The first kappa shape index (κ1) is 7.80. The molecule has 72 valence electrons. The van der Waals surface area contributed by atoms with E-state index in [-0.39, 0.29) is 5.41 Å². The predicted molar refractivity (Wildman–Crippen MR) is 47.4 cm³/mol. The fourth-order valence-electron chi connectivity index (χ4n) is 3.73. The van der Waals surface area contributed by atoms with Crippen molar-refractivity contribution in [2.24, 2.45) is 11.3 Å². The van der Waals surface area contributed by atoms with Gasteiger partial charge in [0.2, 0.25) is 0 Å². The molecule has 1 saturated heterocycles. The lowest BCUT2D eigenvalue weighted by Gasteiger charge is -2.27. The van der Waals surface area contributed by atoms with Crippen LogP contribution in [0.3, 0.4) is 0 Å². The highest BCUT2D eigenvalue weighted by Gasteiger charge is 2.78. The highest BCUT2D eigenvalue weighted by Crippen LogP contribution is 2.69. The number of carbonyl (C=O) groups is 1. The second-order valence-electron chi connectivity index (χ2n) is 4.87. The molecular weight excluding hydrogens is 166 g/mol. The maximum Gasteiger partial charge on any atom is 0.324 e. The van der Waals surface area contributed by atoms with Crippen molar-refractivity contribution in [3.8, 4) is 0 Å². The molecule has 0 bridgehead atoms. The monoisotopic (exact) mass is 181 g/mol. The van der Waals surface area contributed by atoms with Crippen LogP contribution in [0.5, 0.6) is 0 Å². The molecule has 0 aromatic carbocycles. The van der Waals surface area contributed by atoms with E-state index in [0.29, 0.717) is 5.92 Å². The maximum atomic E-state index is 11.2. The highest BCUT2D eigenvalue weighted by atomic mass is 16.4. The summed E-state index contributed by atoms with van der Waals surface area (Å²) in [5.74, 6) is 0.0363. The van der Waals surface area contributed by atoms with Crippen LogP contribution in [-0.2, 0) is 4.79 Å². The zero-order valence-corrected chi connectivity index (χ0v) is 7.68. The van der Waals surface area contributed by atoms with E-state index in [1.807, 2.05) is 0 Å². The van der Waals surface area contributed by atoms with Gasteiger partial charge in [0.25, 0.3) is 0 Å². The minimum absolute atomic E-state index is 0.164. The molecule has 13 heavy (non-hydrogen) atoms. The summed E-state index contributed by atoms with van der Waals surface area (Å²) < 4.78 is 0. The molecule has 0 radical (unpaired) electrons. The van der Waals surface area contributed by atoms with E-state index >= 15 is 0 Å². The quantitative estimate of drug-likeness (QED) is 0.634. The van der Waals surface area contributed by atoms with Gasteiger partial charge in [-0.3, -0.25) is 4.79 Å². The minimum atomic E-state index is -0.614. The third-order valence-electron chi connectivity index (χ3n) is 4.53. The van der Waals surface area contributed by atoms with Crippen LogP contribution in [0, 0.1) is 11.3 Å². The van der Waals surface area contributed by atoms with Gasteiger partial charge in [0.05, 0.1) is 0 Å². The standard InChI is InChI=1S/C10H15NO2/c12-8(13)10-6-9(10)4-2-1-3-7(9)5-11-10/h7,11H,1-6H2,(H,12,13)/t7-,9+,10-/m0/s1. The van der Waals surface area contributed by atoms with Crippen LogP contribution >= 0.6 is 0 Å². The van der Waals surface area contributed by atoms with Crippen LogP contribution in [0.4, 0.5) is 0 Å². The van der Waals surface area contributed by atoms with Gasteiger partial charge in [0, 0.05) is 5.41 Å². The van der Waals surface area contributed by atoms with Gasteiger partial charge < -0.3 is 10.4 Å². The number of nitrogens with one attached hydrogen (secondary N) is 1. The molecule has 3 heteroatoms. The van der Waals surface area contributed by atoms with Crippen molar-refractivity contribution in [3.63, 3.8) is 0 Å². The molecule has 1 aliphatic heterocycles. The Morgan fingerprint density at radius 1 is 1.46 bits per heavy atom. The Kier molecular flexibility index (Phi) is 1.25. The Morgan fingerprint density at radius 3 is 3.00 bits per heavy atom. The minimum Gasteiger partial charge on any atom is -0.480 e. The number of hydrogen-bond acceptors (Lipinski definition) is 2. The van der Waals surface area contributed by atoms with Gasteiger partial charge >= 0.3 is 5.97 Å². The normalized spacial score (nSPS) is 52.5. The lowest BCUT2D eigenvalue weighted by atomic mass is 9.76. The van der Waals surface area contributed by atoms with Crippen molar-refractivity contribution in [1.82, 2.24) is 5.32 Å². The van der Waals surface area contributed by atoms with Gasteiger partial charge in [0.15, 0.2) is 0 Å². The van der Waals surface area contributed by atoms with Crippen molar-refractivity contribution in [3.05, 3.63) is 0 Å². The predicted octanol–water partition coefficient (Wildman–Crippen LogP) is 0.993. The molecule has 1 spiro atoms. The SMILES string of the molecule is O=C(O)[C@@]12C[C@@]13CCCC[C@H]3CN2.